The van der Waals surface area contributed by atoms with Gasteiger partial charge in [0.1, 0.15) is 5.82 Å². The van der Waals surface area contributed by atoms with Gasteiger partial charge >= 0.3 is 0 Å². The Morgan fingerprint density at radius 3 is 2.73 bits per heavy atom. The number of carbonyl (C=O) groups is 2. The van der Waals surface area contributed by atoms with Gasteiger partial charge in [0.05, 0.1) is 5.69 Å². The Morgan fingerprint density at radius 2 is 2.05 bits per heavy atom. The first kappa shape index (κ1) is 16.4. The largest absolute Gasteiger partial charge is 0.396 e. The summed E-state index contributed by atoms with van der Waals surface area (Å²) in [5.74, 6) is -1.24. The number of amides is 2. The maximum atomic E-state index is 13.6. The molecule has 0 radical (unpaired) electrons. The Labute approximate surface area is 128 Å². The van der Waals surface area contributed by atoms with Crippen molar-refractivity contribution >= 4 is 17.5 Å². The normalized spacial score (nSPS) is 21.2. The van der Waals surface area contributed by atoms with Crippen LogP contribution in [0.2, 0.25) is 0 Å². The molecular formula is C16H21FN2O3. The van der Waals surface area contributed by atoms with E-state index in [2.05, 4.69) is 10.6 Å². The molecule has 2 rings (SSSR count). The van der Waals surface area contributed by atoms with Crippen LogP contribution in [0.4, 0.5) is 10.1 Å². The van der Waals surface area contributed by atoms with Crippen LogP contribution in [-0.2, 0) is 4.79 Å². The summed E-state index contributed by atoms with van der Waals surface area (Å²) >= 11 is 0. The van der Waals surface area contributed by atoms with Gasteiger partial charge in [-0.3, -0.25) is 9.59 Å². The SMILES string of the molecule is CC(=O)Nc1cc(C(=O)NC2CCCCC2CO)ccc1F. The maximum Gasteiger partial charge on any atom is 0.251 e. The van der Waals surface area contributed by atoms with Gasteiger partial charge in [0.15, 0.2) is 0 Å². The first-order valence-electron chi connectivity index (χ1n) is 7.50. The molecule has 0 aliphatic heterocycles. The fourth-order valence-electron chi connectivity index (χ4n) is 2.82. The summed E-state index contributed by atoms with van der Waals surface area (Å²) < 4.78 is 13.6. The zero-order valence-corrected chi connectivity index (χ0v) is 12.6. The fraction of sp³-hybridized carbons (Fsp3) is 0.500. The first-order chi connectivity index (χ1) is 10.5. The van der Waals surface area contributed by atoms with E-state index in [1.807, 2.05) is 0 Å². The third kappa shape index (κ3) is 4.04. The Kier molecular flexibility index (Phi) is 5.49. The number of halogens is 1. The average molecular weight is 308 g/mol. The summed E-state index contributed by atoms with van der Waals surface area (Å²) in [7, 11) is 0. The minimum absolute atomic E-state index is 0.0116. The highest BCUT2D eigenvalue weighted by Crippen LogP contribution is 2.24. The molecule has 22 heavy (non-hydrogen) atoms. The van der Waals surface area contributed by atoms with Crippen molar-refractivity contribution in [2.45, 2.75) is 38.6 Å². The van der Waals surface area contributed by atoms with Crippen LogP contribution in [0.15, 0.2) is 18.2 Å². The standard InChI is InChI=1S/C16H21FN2O3/c1-10(21)18-15-8-11(6-7-13(15)17)16(22)19-14-5-3-2-4-12(14)9-20/h6-8,12,14,20H,2-5,9H2,1H3,(H,18,21)(H,19,22). The predicted molar refractivity (Wildman–Crippen MR) is 81.0 cm³/mol. The lowest BCUT2D eigenvalue weighted by Gasteiger charge is -2.30. The van der Waals surface area contributed by atoms with Crippen LogP contribution in [0, 0.1) is 11.7 Å². The minimum atomic E-state index is -0.586. The topological polar surface area (TPSA) is 78.4 Å². The molecule has 0 aromatic heterocycles. The smallest absolute Gasteiger partial charge is 0.251 e. The summed E-state index contributed by atoms with van der Waals surface area (Å²) in [4.78, 5) is 23.3. The molecule has 0 heterocycles. The van der Waals surface area contributed by atoms with Crippen LogP contribution < -0.4 is 10.6 Å². The van der Waals surface area contributed by atoms with Crippen molar-refractivity contribution in [1.82, 2.24) is 5.32 Å². The zero-order chi connectivity index (χ0) is 16.1. The van der Waals surface area contributed by atoms with Crippen molar-refractivity contribution in [3.05, 3.63) is 29.6 Å². The van der Waals surface area contributed by atoms with E-state index in [1.165, 1.54) is 19.1 Å². The van der Waals surface area contributed by atoms with Gasteiger partial charge in [-0.1, -0.05) is 12.8 Å². The van der Waals surface area contributed by atoms with Crippen molar-refractivity contribution in [3.63, 3.8) is 0 Å². The van der Waals surface area contributed by atoms with Crippen molar-refractivity contribution in [2.24, 2.45) is 5.92 Å². The lowest BCUT2D eigenvalue weighted by Crippen LogP contribution is -2.43. The number of hydrogen-bond donors (Lipinski definition) is 3. The highest BCUT2D eigenvalue weighted by Gasteiger charge is 2.26. The van der Waals surface area contributed by atoms with E-state index >= 15 is 0 Å². The van der Waals surface area contributed by atoms with Gasteiger partial charge in [-0.2, -0.15) is 0 Å². The zero-order valence-electron chi connectivity index (χ0n) is 12.6. The molecule has 1 aliphatic carbocycles. The van der Waals surface area contributed by atoms with Crippen LogP contribution >= 0.6 is 0 Å². The van der Waals surface area contributed by atoms with Gasteiger partial charge in [-0.25, -0.2) is 4.39 Å². The van der Waals surface area contributed by atoms with Gasteiger partial charge < -0.3 is 15.7 Å². The van der Waals surface area contributed by atoms with E-state index in [1.54, 1.807) is 0 Å². The molecule has 6 heteroatoms. The molecule has 2 atom stereocenters. The third-order valence-corrected chi connectivity index (χ3v) is 4.00. The molecule has 0 saturated heterocycles. The molecule has 1 aliphatic rings. The van der Waals surface area contributed by atoms with Gasteiger partial charge in [0.2, 0.25) is 5.91 Å². The summed E-state index contributed by atoms with van der Waals surface area (Å²) in [6, 6.07) is 3.79. The van der Waals surface area contributed by atoms with Crippen LogP contribution in [0.1, 0.15) is 43.0 Å². The molecule has 1 fully saturated rings. The minimum Gasteiger partial charge on any atom is -0.396 e. The Bertz CT molecular complexity index is 562. The number of rotatable bonds is 4. The molecule has 0 spiro atoms. The summed E-state index contributed by atoms with van der Waals surface area (Å²) in [5.41, 5.74) is 0.273. The lowest BCUT2D eigenvalue weighted by atomic mass is 9.85. The highest BCUT2D eigenvalue weighted by atomic mass is 19.1. The van der Waals surface area contributed by atoms with E-state index in [-0.39, 0.29) is 35.7 Å². The molecule has 2 amide bonds. The Hall–Kier alpha value is -1.95. The molecule has 0 bridgehead atoms. The van der Waals surface area contributed by atoms with Crippen LogP contribution in [0.25, 0.3) is 0 Å². The monoisotopic (exact) mass is 308 g/mol. The third-order valence-electron chi connectivity index (χ3n) is 4.00. The predicted octanol–water partition coefficient (Wildman–Crippen LogP) is 2.06. The van der Waals surface area contributed by atoms with Gasteiger partial charge in [-0.05, 0) is 31.0 Å². The van der Waals surface area contributed by atoms with Gasteiger partial charge in [0.25, 0.3) is 5.91 Å². The van der Waals surface area contributed by atoms with Crippen LogP contribution in [0.5, 0.6) is 0 Å². The Balaban J connectivity index is 2.10. The number of nitrogens with one attached hydrogen (secondary N) is 2. The van der Waals surface area contributed by atoms with Crippen LogP contribution in [0.3, 0.4) is 0 Å². The second kappa shape index (κ2) is 7.35. The second-order valence-corrected chi connectivity index (χ2v) is 5.68. The van der Waals surface area contributed by atoms with Gasteiger partial charge in [0, 0.05) is 31.1 Å². The summed E-state index contributed by atoms with van der Waals surface area (Å²) in [6.45, 7) is 1.32. The maximum absolute atomic E-state index is 13.6. The number of hydrogen-bond acceptors (Lipinski definition) is 3. The van der Waals surface area contributed by atoms with E-state index in [0.717, 1.165) is 31.7 Å². The van der Waals surface area contributed by atoms with E-state index in [0.29, 0.717) is 0 Å². The summed E-state index contributed by atoms with van der Waals surface area (Å²) in [5, 5.41) is 14.6. The van der Waals surface area contributed by atoms with E-state index in [9.17, 15) is 19.1 Å². The highest BCUT2D eigenvalue weighted by molar-refractivity contribution is 5.97. The van der Waals surface area contributed by atoms with Crippen LogP contribution in [-0.4, -0.2) is 29.6 Å². The van der Waals surface area contributed by atoms with E-state index in [4.69, 9.17) is 0 Å². The lowest BCUT2D eigenvalue weighted by molar-refractivity contribution is -0.114. The molecule has 1 saturated carbocycles. The van der Waals surface area contributed by atoms with Crippen molar-refractivity contribution in [1.29, 1.82) is 0 Å². The van der Waals surface area contributed by atoms with Crippen molar-refractivity contribution in [2.75, 3.05) is 11.9 Å². The number of carbonyl (C=O) groups excluding carboxylic acids is 2. The molecule has 2 unspecified atom stereocenters. The quantitative estimate of drug-likeness (QED) is 0.796. The van der Waals surface area contributed by atoms with Crippen molar-refractivity contribution < 1.29 is 19.1 Å². The first-order valence-corrected chi connectivity index (χ1v) is 7.50. The summed E-state index contributed by atoms with van der Waals surface area (Å²) in [6.07, 6.45) is 3.79. The Morgan fingerprint density at radius 1 is 1.32 bits per heavy atom. The molecule has 5 nitrogen and oxygen atoms in total. The van der Waals surface area contributed by atoms with Gasteiger partial charge in [-0.15, -0.1) is 0 Å². The van der Waals surface area contributed by atoms with Crippen molar-refractivity contribution in [3.8, 4) is 0 Å². The average Bonchev–Trinajstić information content (AvgIpc) is 2.49. The number of aliphatic hydroxyl groups excluding tert-OH is 1. The fourth-order valence-corrected chi connectivity index (χ4v) is 2.82. The molecule has 1 aromatic rings. The molecule has 1 aromatic carbocycles. The van der Waals surface area contributed by atoms with E-state index < -0.39 is 11.7 Å². The molecule has 3 N–H and O–H groups in total. The number of aliphatic hydroxyl groups is 1. The second-order valence-electron chi connectivity index (χ2n) is 5.68. The number of anilines is 1. The molecule has 120 valence electrons. The molecular weight excluding hydrogens is 287 g/mol. The number of benzene rings is 1.